The Bertz CT molecular complexity index is 967. The van der Waals surface area contributed by atoms with Gasteiger partial charge in [-0.2, -0.15) is 5.26 Å². The zero-order valence-corrected chi connectivity index (χ0v) is 18.8. The van der Waals surface area contributed by atoms with Crippen molar-refractivity contribution in [3.05, 3.63) is 58.9 Å². The van der Waals surface area contributed by atoms with E-state index in [1.165, 1.54) is 6.07 Å². The number of hydrogen-bond donors (Lipinski definition) is 2. The van der Waals surface area contributed by atoms with E-state index >= 15 is 0 Å². The smallest absolute Gasteiger partial charge is 0.191 e. The second-order valence-electron chi connectivity index (χ2n) is 7.70. The van der Waals surface area contributed by atoms with E-state index in [-0.39, 0.29) is 12.6 Å². The minimum atomic E-state index is -0.413. The SMILES string of the molecule is CCNC(=NCc1ccc(C#N)cc1F)NC1CCN(Cc2cc(OC)cc(OC)c2)C1. The first-order valence-electron chi connectivity index (χ1n) is 10.7. The van der Waals surface area contributed by atoms with Crippen LogP contribution in [-0.2, 0) is 13.1 Å². The molecule has 2 aromatic rings. The van der Waals surface area contributed by atoms with Crippen LogP contribution in [0, 0.1) is 17.1 Å². The molecule has 0 amide bonds. The van der Waals surface area contributed by atoms with Crippen LogP contribution >= 0.6 is 0 Å². The Morgan fingerprint density at radius 1 is 1.22 bits per heavy atom. The van der Waals surface area contributed by atoms with Gasteiger partial charge in [-0.05, 0) is 43.2 Å². The van der Waals surface area contributed by atoms with Crippen LogP contribution in [0.3, 0.4) is 0 Å². The Labute approximate surface area is 188 Å². The molecule has 170 valence electrons. The summed E-state index contributed by atoms with van der Waals surface area (Å²) in [7, 11) is 3.30. The third kappa shape index (κ3) is 6.34. The van der Waals surface area contributed by atoms with Crippen molar-refractivity contribution in [3.63, 3.8) is 0 Å². The number of rotatable bonds is 8. The molecule has 0 aliphatic carbocycles. The number of aliphatic imine (C=N–C) groups is 1. The quantitative estimate of drug-likeness (QED) is 0.486. The van der Waals surface area contributed by atoms with Gasteiger partial charge in [0, 0.05) is 43.9 Å². The molecule has 1 saturated heterocycles. The highest BCUT2D eigenvalue weighted by Gasteiger charge is 2.23. The molecule has 2 N–H and O–H groups in total. The Morgan fingerprint density at radius 3 is 2.59 bits per heavy atom. The van der Waals surface area contributed by atoms with Crippen LogP contribution in [0.4, 0.5) is 4.39 Å². The van der Waals surface area contributed by atoms with Gasteiger partial charge in [0.05, 0.1) is 32.4 Å². The van der Waals surface area contributed by atoms with Gasteiger partial charge in [0.15, 0.2) is 5.96 Å². The number of halogens is 1. The molecule has 7 nitrogen and oxygen atoms in total. The molecule has 1 aliphatic heterocycles. The zero-order chi connectivity index (χ0) is 22.9. The van der Waals surface area contributed by atoms with Gasteiger partial charge in [-0.15, -0.1) is 0 Å². The van der Waals surface area contributed by atoms with Crippen molar-refractivity contribution < 1.29 is 13.9 Å². The monoisotopic (exact) mass is 439 g/mol. The molecule has 8 heteroatoms. The first-order chi connectivity index (χ1) is 15.5. The second-order valence-corrected chi connectivity index (χ2v) is 7.70. The lowest BCUT2D eigenvalue weighted by Gasteiger charge is -2.19. The van der Waals surface area contributed by atoms with Gasteiger partial charge in [0.25, 0.3) is 0 Å². The highest BCUT2D eigenvalue weighted by molar-refractivity contribution is 5.80. The lowest BCUT2D eigenvalue weighted by Crippen LogP contribution is -2.44. The van der Waals surface area contributed by atoms with Gasteiger partial charge < -0.3 is 20.1 Å². The van der Waals surface area contributed by atoms with E-state index < -0.39 is 5.82 Å². The molecule has 2 aromatic carbocycles. The average Bonchev–Trinajstić information content (AvgIpc) is 3.24. The molecule has 0 aromatic heterocycles. The predicted octanol–water partition coefficient (Wildman–Crippen LogP) is 3.04. The fourth-order valence-corrected chi connectivity index (χ4v) is 3.73. The number of benzene rings is 2. The summed E-state index contributed by atoms with van der Waals surface area (Å²) in [6.07, 6.45) is 0.983. The lowest BCUT2D eigenvalue weighted by atomic mass is 10.1. The second kappa shape index (κ2) is 11.3. The van der Waals surface area contributed by atoms with Gasteiger partial charge in [-0.1, -0.05) is 6.07 Å². The van der Waals surface area contributed by atoms with Crippen molar-refractivity contribution in [1.29, 1.82) is 5.26 Å². The molecule has 0 bridgehead atoms. The summed E-state index contributed by atoms with van der Waals surface area (Å²) in [4.78, 5) is 6.91. The van der Waals surface area contributed by atoms with Crippen molar-refractivity contribution in [2.24, 2.45) is 4.99 Å². The fraction of sp³-hybridized carbons (Fsp3) is 0.417. The van der Waals surface area contributed by atoms with Crippen LogP contribution in [0.2, 0.25) is 0 Å². The van der Waals surface area contributed by atoms with Crippen molar-refractivity contribution in [1.82, 2.24) is 15.5 Å². The largest absolute Gasteiger partial charge is 0.497 e. The number of likely N-dealkylation sites (tertiary alicyclic amines) is 1. The van der Waals surface area contributed by atoms with Crippen LogP contribution in [0.15, 0.2) is 41.4 Å². The van der Waals surface area contributed by atoms with Crippen molar-refractivity contribution in [3.8, 4) is 17.6 Å². The minimum absolute atomic E-state index is 0.201. The Kier molecular flexibility index (Phi) is 8.28. The van der Waals surface area contributed by atoms with Gasteiger partial charge in [-0.3, -0.25) is 4.90 Å². The predicted molar refractivity (Wildman–Crippen MR) is 122 cm³/mol. The number of nitriles is 1. The van der Waals surface area contributed by atoms with Gasteiger partial charge in [-0.25, -0.2) is 9.38 Å². The summed E-state index contributed by atoms with van der Waals surface area (Å²) in [5.41, 5.74) is 1.90. The Morgan fingerprint density at radius 2 is 1.97 bits per heavy atom. The van der Waals surface area contributed by atoms with E-state index in [1.807, 2.05) is 31.2 Å². The molecule has 3 rings (SSSR count). The molecule has 32 heavy (non-hydrogen) atoms. The molecular weight excluding hydrogens is 409 g/mol. The number of methoxy groups -OCH3 is 2. The van der Waals surface area contributed by atoms with Gasteiger partial charge in [0.2, 0.25) is 0 Å². The molecule has 0 saturated carbocycles. The highest BCUT2D eigenvalue weighted by atomic mass is 19.1. The minimum Gasteiger partial charge on any atom is -0.497 e. The molecule has 0 spiro atoms. The summed E-state index contributed by atoms with van der Waals surface area (Å²) in [6.45, 7) is 5.54. The van der Waals surface area contributed by atoms with E-state index in [1.54, 1.807) is 26.4 Å². The maximum Gasteiger partial charge on any atom is 0.191 e. The number of hydrogen-bond acceptors (Lipinski definition) is 5. The molecule has 1 fully saturated rings. The van der Waals surface area contributed by atoms with Crippen LogP contribution in [0.1, 0.15) is 30.0 Å². The summed E-state index contributed by atoms with van der Waals surface area (Å²) in [5.74, 6) is 1.81. The van der Waals surface area contributed by atoms with Crippen LogP contribution in [0.5, 0.6) is 11.5 Å². The highest BCUT2D eigenvalue weighted by Crippen LogP contribution is 2.24. The van der Waals surface area contributed by atoms with E-state index in [4.69, 9.17) is 14.7 Å². The number of nitrogens with zero attached hydrogens (tertiary/aromatic N) is 3. The van der Waals surface area contributed by atoms with Crippen LogP contribution in [0.25, 0.3) is 0 Å². The summed E-state index contributed by atoms with van der Waals surface area (Å²) < 4.78 is 24.9. The molecule has 0 radical (unpaired) electrons. The van der Waals surface area contributed by atoms with Gasteiger partial charge >= 0.3 is 0 Å². The van der Waals surface area contributed by atoms with Gasteiger partial charge in [0.1, 0.15) is 17.3 Å². The maximum atomic E-state index is 14.2. The number of nitrogens with one attached hydrogen (secondary N) is 2. The molecule has 1 heterocycles. The Hall–Kier alpha value is -3.31. The van der Waals surface area contributed by atoms with E-state index in [0.29, 0.717) is 23.6 Å². The molecule has 1 atom stereocenters. The van der Waals surface area contributed by atoms with E-state index in [0.717, 1.165) is 43.1 Å². The summed E-state index contributed by atoms with van der Waals surface area (Å²) in [5, 5.41) is 15.6. The normalized spacial score (nSPS) is 16.5. The number of ether oxygens (including phenoxy) is 2. The summed E-state index contributed by atoms with van der Waals surface area (Å²) in [6, 6.07) is 12.6. The molecular formula is C24H30FN5O2. The third-order valence-electron chi connectivity index (χ3n) is 5.36. The first-order valence-corrected chi connectivity index (χ1v) is 10.7. The zero-order valence-electron chi connectivity index (χ0n) is 18.8. The molecule has 1 unspecified atom stereocenters. The lowest BCUT2D eigenvalue weighted by molar-refractivity contribution is 0.321. The Balaban J connectivity index is 1.59. The maximum absolute atomic E-state index is 14.2. The fourth-order valence-electron chi connectivity index (χ4n) is 3.73. The molecule has 1 aliphatic rings. The first kappa shape index (κ1) is 23.4. The van der Waals surface area contributed by atoms with E-state index in [9.17, 15) is 4.39 Å². The summed E-state index contributed by atoms with van der Waals surface area (Å²) >= 11 is 0. The number of guanidine groups is 1. The topological polar surface area (TPSA) is 81.9 Å². The average molecular weight is 440 g/mol. The van der Waals surface area contributed by atoms with Crippen molar-refractivity contribution in [2.45, 2.75) is 32.5 Å². The van der Waals surface area contributed by atoms with Crippen molar-refractivity contribution >= 4 is 5.96 Å². The van der Waals surface area contributed by atoms with Crippen molar-refractivity contribution in [2.75, 3.05) is 33.9 Å². The standard InChI is InChI=1S/C24H30FN5O2/c1-4-27-24(28-14-19-6-5-17(13-26)11-23(19)25)29-20-7-8-30(16-20)15-18-9-21(31-2)12-22(10-18)32-3/h5-6,9-12,20H,4,7-8,14-16H2,1-3H3,(H2,27,28,29). The van der Waals surface area contributed by atoms with Crippen LogP contribution < -0.4 is 20.1 Å². The third-order valence-corrected chi connectivity index (χ3v) is 5.36. The van der Waals surface area contributed by atoms with Crippen LogP contribution in [-0.4, -0.2) is 50.8 Å². The van der Waals surface area contributed by atoms with E-state index in [2.05, 4.69) is 20.5 Å².